The number of aryl methyl sites for hydroxylation is 1. The maximum absolute atomic E-state index is 8.83. The molecular weight excluding hydrogens is 172 g/mol. The van der Waals surface area contributed by atoms with Gasteiger partial charge in [0.15, 0.2) is 0 Å². The third-order valence-corrected chi connectivity index (χ3v) is 3.20. The van der Waals surface area contributed by atoms with Gasteiger partial charge in [-0.05, 0) is 24.5 Å². The molecule has 1 saturated carbocycles. The van der Waals surface area contributed by atoms with Crippen LogP contribution in [0.1, 0.15) is 37.8 Å². The largest absolute Gasteiger partial charge is 0.339 e. The molecule has 0 bridgehead atoms. The molecule has 2 heteroatoms. The molecule has 1 aliphatic rings. The molecule has 2 nitrogen and oxygen atoms in total. The summed E-state index contributed by atoms with van der Waals surface area (Å²) in [6.07, 6.45) is 8.84. The van der Waals surface area contributed by atoms with Crippen molar-refractivity contribution in [1.82, 2.24) is 4.57 Å². The zero-order chi connectivity index (χ0) is 9.80. The second-order valence-electron chi connectivity index (χ2n) is 4.14. The van der Waals surface area contributed by atoms with E-state index in [9.17, 15) is 0 Å². The zero-order valence-electron chi connectivity index (χ0n) is 8.45. The van der Waals surface area contributed by atoms with E-state index in [4.69, 9.17) is 5.26 Å². The molecule has 0 aromatic carbocycles. The highest BCUT2D eigenvalue weighted by Crippen LogP contribution is 2.27. The van der Waals surface area contributed by atoms with E-state index in [2.05, 4.69) is 10.6 Å². The van der Waals surface area contributed by atoms with Crippen LogP contribution in [0.2, 0.25) is 0 Å². The average Bonchev–Trinajstić information content (AvgIpc) is 2.85. The van der Waals surface area contributed by atoms with Crippen molar-refractivity contribution in [2.24, 2.45) is 5.92 Å². The van der Waals surface area contributed by atoms with Crippen LogP contribution in [-0.2, 0) is 6.54 Å². The first-order valence-corrected chi connectivity index (χ1v) is 5.45. The van der Waals surface area contributed by atoms with Gasteiger partial charge in [-0.15, -0.1) is 0 Å². The molecule has 0 radical (unpaired) electrons. The maximum Gasteiger partial charge on any atom is 0.120 e. The van der Waals surface area contributed by atoms with E-state index in [1.54, 1.807) is 0 Å². The molecule has 0 amide bonds. The van der Waals surface area contributed by atoms with Gasteiger partial charge in [0, 0.05) is 12.7 Å². The molecule has 74 valence electrons. The third kappa shape index (κ3) is 1.98. The van der Waals surface area contributed by atoms with Crippen molar-refractivity contribution < 1.29 is 0 Å². The molecule has 1 fully saturated rings. The van der Waals surface area contributed by atoms with Gasteiger partial charge in [-0.1, -0.05) is 25.7 Å². The van der Waals surface area contributed by atoms with E-state index in [1.165, 1.54) is 32.1 Å². The first kappa shape index (κ1) is 9.33. The van der Waals surface area contributed by atoms with Gasteiger partial charge in [-0.3, -0.25) is 0 Å². The molecule has 1 aromatic rings. The van der Waals surface area contributed by atoms with E-state index in [0.29, 0.717) is 0 Å². The number of rotatable bonds is 3. The van der Waals surface area contributed by atoms with Gasteiger partial charge in [-0.2, -0.15) is 5.26 Å². The van der Waals surface area contributed by atoms with Crippen molar-refractivity contribution in [2.75, 3.05) is 0 Å². The van der Waals surface area contributed by atoms with E-state index in [-0.39, 0.29) is 0 Å². The fraction of sp³-hybridized carbons (Fsp3) is 0.583. The van der Waals surface area contributed by atoms with Crippen LogP contribution >= 0.6 is 0 Å². The highest BCUT2D eigenvalue weighted by atomic mass is 15.0. The van der Waals surface area contributed by atoms with Crippen molar-refractivity contribution in [3.63, 3.8) is 0 Å². The lowest BCUT2D eigenvalue weighted by molar-refractivity contribution is 0.457. The minimum absolute atomic E-state index is 0.794. The number of nitrogens with zero attached hydrogens (tertiary/aromatic N) is 2. The van der Waals surface area contributed by atoms with Crippen molar-refractivity contribution in [3.8, 4) is 6.07 Å². The summed E-state index contributed by atoms with van der Waals surface area (Å²) in [5, 5.41) is 8.83. The lowest BCUT2D eigenvalue weighted by atomic mass is 10.0. The summed E-state index contributed by atoms with van der Waals surface area (Å²) in [4.78, 5) is 0. The smallest absolute Gasteiger partial charge is 0.120 e. The molecule has 0 N–H and O–H groups in total. The summed E-state index contributed by atoms with van der Waals surface area (Å²) in [5.41, 5.74) is 0.794. The van der Waals surface area contributed by atoms with Crippen molar-refractivity contribution in [1.29, 1.82) is 5.26 Å². The Balaban J connectivity index is 1.88. The average molecular weight is 188 g/mol. The van der Waals surface area contributed by atoms with E-state index in [1.807, 2.05) is 18.3 Å². The molecular formula is C12H16N2. The normalized spacial score (nSPS) is 17.1. The van der Waals surface area contributed by atoms with Crippen molar-refractivity contribution in [3.05, 3.63) is 24.0 Å². The third-order valence-electron chi connectivity index (χ3n) is 3.20. The minimum Gasteiger partial charge on any atom is -0.339 e. The van der Waals surface area contributed by atoms with Gasteiger partial charge in [0.2, 0.25) is 0 Å². The molecule has 2 rings (SSSR count). The fourth-order valence-corrected chi connectivity index (χ4v) is 2.33. The maximum atomic E-state index is 8.83. The van der Waals surface area contributed by atoms with Gasteiger partial charge < -0.3 is 4.57 Å². The minimum atomic E-state index is 0.794. The first-order chi connectivity index (χ1) is 6.90. The number of hydrogen-bond acceptors (Lipinski definition) is 1. The van der Waals surface area contributed by atoms with E-state index in [0.717, 1.165) is 18.2 Å². The molecule has 0 aliphatic heterocycles. The van der Waals surface area contributed by atoms with Crippen LogP contribution in [0.25, 0.3) is 0 Å². The van der Waals surface area contributed by atoms with Crippen LogP contribution in [0.15, 0.2) is 18.3 Å². The second kappa shape index (κ2) is 4.32. The number of aromatic nitrogens is 1. The summed E-state index contributed by atoms with van der Waals surface area (Å²) in [7, 11) is 0. The Kier molecular flexibility index (Phi) is 2.88. The van der Waals surface area contributed by atoms with Gasteiger partial charge in [0.25, 0.3) is 0 Å². The standard InChI is InChI=1S/C12H16N2/c13-10-12-6-3-8-14(12)9-7-11-4-1-2-5-11/h3,6,8,11H,1-2,4-5,7,9H2. The molecule has 1 aromatic heterocycles. The van der Waals surface area contributed by atoms with Crippen molar-refractivity contribution >= 4 is 0 Å². The Morgan fingerprint density at radius 2 is 2.21 bits per heavy atom. The monoisotopic (exact) mass is 188 g/mol. The highest BCUT2D eigenvalue weighted by molar-refractivity contribution is 5.21. The Morgan fingerprint density at radius 3 is 2.93 bits per heavy atom. The Morgan fingerprint density at radius 1 is 1.43 bits per heavy atom. The van der Waals surface area contributed by atoms with Crippen molar-refractivity contribution in [2.45, 2.75) is 38.6 Å². The van der Waals surface area contributed by atoms with Gasteiger partial charge in [0.1, 0.15) is 11.8 Å². The van der Waals surface area contributed by atoms with E-state index >= 15 is 0 Å². The number of nitriles is 1. The molecule has 0 atom stereocenters. The molecule has 0 saturated heterocycles. The molecule has 0 spiro atoms. The second-order valence-corrected chi connectivity index (χ2v) is 4.14. The lowest BCUT2D eigenvalue weighted by Crippen LogP contribution is -2.04. The first-order valence-electron chi connectivity index (χ1n) is 5.45. The number of hydrogen-bond donors (Lipinski definition) is 0. The van der Waals surface area contributed by atoms with E-state index < -0.39 is 0 Å². The van der Waals surface area contributed by atoms with Crippen LogP contribution in [0.3, 0.4) is 0 Å². The van der Waals surface area contributed by atoms with Gasteiger partial charge in [-0.25, -0.2) is 0 Å². The fourth-order valence-electron chi connectivity index (χ4n) is 2.33. The lowest BCUT2D eigenvalue weighted by Gasteiger charge is -2.09. The Bertz CT molecular complexity index is 326. The Hall–Kier alpha value is -1.23. The highest BCUT2D eigenvalue weighted by Gasteiger charge is 2.14. The predicted molar refractivity (Wildman–Crippen MR) is 55.7 cm³/mol. The zero-order valence-corrected chi connectivity index (χ0v) is 8.45. The molecule has 1 heterocycles. The van der Waals surface area contributed by atoms with Gasteiger partial charge in [0.05, 0.1) is 0 Å². The summed E-state index contributed by atoms with van der Waals surface area (Å²) in [6, 6.07) is 6.05. The summed E-state index contributed by atoms with van der Waals surface area (Å²) in [6.45, 7) is 1.01. The summed E-state index contributed by atoms with van der Waals surface area (Å²) in [5.74, 6) is 0.906. The molecule has 14 heavy (non-hydrogen) atoms. The summed E-state index contributed by atoms with van der Waals surface area (Å²) < 4.78 is 2.07. The Labute approximate surface area is 85.2 Å². The molecule has 1 aliphatic carbocycles. The van der Waals surface area contributed by atoms with Crippen LogP contribution in [0.5, 0.6) is 0 Å². The van der Waals surface area contributed by atoms with Crippen LogP contribution in [-0.4, -0.2) is 4.57 Å². The van der Waals surface area contributed by atoms with Crippen LogP contribution < -0.4 is 0 Å². The van der Waals surface area contributed by atoms with Crippen LogP contribution in [0, 0.1) is 17.2 Å². The predicted octanol–water partition coefficient (Wildman–Crippen LogP) is 2.94. The van der Waals surface area contributed by atoms with Gasteiger partial charge >= 0.3 is 0 Å². The topological polar surface area (TPSA) is 28.7 Å². The van der Waals surface area contributed by atoms with Crippen LogP contribution in [0.4, 0.5) is 0 Å². The molecule has 0 unspecified atom stereocenters. The summed E-state index contributed by atoms with van der Waals surface area (Å²) >= 11 is 0. The SMILES string of the molecule is N#Cc1cccn1CCC1CCCC1. The quantitative estimate of drug-likeness (QED) is 0.717.